The minimum Gasteiger partial charge on any atom is -0.271 e. The van der Waals surface area contributed by atoms with Gasteiger partial charge in [-0.1, -0.05) is 41.6 Å². The minimum absolute atomic E-state index is 0.173. The number of nitrogens with one attached hydrogen (secondary N) is 1. The van der Waals surface area contributed by atoms with Crippen molar-refractivity contribution in [1.29, 1.82) is 0 Å². The third-order valence-electron chi connectivity index (χ3n) is 3.26. The summed E-state index contributed by atoms with van der Waals surface area (Å²) in [6, 6.07) is 17.8. The van der Waals surface area contributed by atoms with Gasteiger partial charge in [-0.2, -0.15) is 0 Å². The molecule has 3 N–H and O–H groups in total. The number of para-hydroxylation sites is 1. The van der Waals surface area contributed by atoms with Crippen LogP contribution in [0.2, 0.25) is 0 Å². The second-order valence-electron chi connectivity index (χ2n) is 4.53. The maximum absolute atomic E-state index is 5.79. The number of hydrogen-bond donors (Lipinski definition) is 2. The second-order valence-corrected chi connectivity index (χ2v) is 5.69. The Morgan fingerprint density at radius 3 is 2.48 bits per heavy atom. The molecule has 1 heterocycles. The van der Waals surface area contributed by atoms with Crippen LogP contribution in [0.4, 0.5) is 0 Å². The van der Waals surface area contributed by atoms with Crippen LogP contribution in [0, 0.1) is 3.57 Å². The van der Waals surface area contributed by atoms with Gasteiger partial charge in [-0.25, -0.2) is 10.1 Å². The summed E-state index contributed by atoms with van der Waals surface area (Å²) in [6.07, 6.45) is 1.74. The summed E-state index contributed by atoms with van der Waals surface area (Å²) in [4.78, 5) is 0. The lowest BCUT2D eigenvalue weighted by Crippen LogP contribution is -2.31. The summed E-state index contributed by atoms with van der Waals surface area (Å²) >= 11 is 2.30. The second kappa shape index (κ2) is 6.33. The Balaban J connectivity index is 2.08. The van der Waals surface area contributed by atoms with Crippen molar-refractivity contribution in [2.24, 2.45) is 5.84 Å². The monoisotopic (exact) mass is 391 g/mol. The molecule has 2 aromatic carbocycles. The highest BCUT2D eigenvalue weighted by Crippen LogP contribution is 2.26. The molecule has 0 aliphatic carbocycles. The largest absolute Gasteiger partial charge is 0.271 e. The van der Waals surface area contributed by atoms with E-state index in [0.717, 1.165) is 20.5 Å². The van der Waals surface area contributed by atoms with Gasteiger partial charge in [-0.05, 0) is 46.4 Å². The van der Waals surface area contributed by atoms with Crippen LogP contribution < -0.4 is 11.3 Å². The highest BCUT2D eigenvalue weighted by atomic mass is 127. The first-order valence-electron chi connectivity index (χ1n) is 6.48. The summed E-state index contributed by atoms with van der Waals surface area (Å²) in [7, 11) is 0. The number of rotatable bonds is 4. The molecule has 1 atom stereocenters. The summed E-state index contributed by atoms with van der Waals surface area (Å²) in [6.45, 7) is 0. The number of hydrazine groups is 1. The van der Waals surface area contributed by atoms with Crippen LogP contribution in [-0.2, 0) is 0 Å². The SMILES string of the molecule is NNC(c1ccccc1I)c1cnnn1-c1ccccc1. The average molecular weight is 391 g/mol. The molecule has 0 fully saturated rings. The van der Waals surface area contributed by atoms with Crippen molar-refractivity contribution in [3.8, 4) is 5.69 Å². The first-order chi connectivity index (χ1) is 10.3. The molecule has 0 amide bonds. The zero-order chi connectivity index (χ0) is 14.7. The fourth-order valence-corrected chi connectivity index (χ4v) is 2.95. The fraction of sp³-hybridized carbons (Fsp3) is 0.0667. The summed E-state index contributed by atoms with van der Waals surface area (Å²) in [5.41, 5.74) is 5.81. The first kappa shape index (κ1) is 14.2. The third-order valence-corrected chi connectivity index (χ3v) is 4.24. The van der Waals surface area contributed by atoms with E-state index in [4.69, 9.17) is 5.84 Å². The number of nitrogens with zero attached hydrogens (tertiary/aromatic N) is 3. The van der Waals surface area contributed by atoms with Crippen molar-refractivity contribution >= 4 is 22.6 Å². The van der Waals surface area contributed by atoms with E-state index in [-0.39, 0.29) is 6.04 Å². The summed E-state index contributed by atoms with van der Waals surface area (Å²) in [5.74, 6) is 5.79. The number of nitrogens with two attached hydrogens (primary N) is 1. The van der Waals surface area contributed by atoms with E-state index in [0.29, 0.717) is 0 Å². The Labute approximate surface area is 136 Å². The maximum Gasteiger partial charge on any atom is 0.0909 e. The van der Waals surface area contributed by atoms with Crippen LogP contribution in [-0.4, -0.2) is 15.0 Å². The number of benzene rings is 2. The van der Waals surface area contributed by atoms with Crippen molar-refractivity contribution in [1.82, 2.24) is 20.4 Å². The molecule has 6 heteroatoms. The van der Waals surface area contributed by atoms with Gasteiger partial charge in [0.15, 0.2) is 0 Å². The van der Waals surface area contributed by atoms with Gasteiger partial charge in [0.05, 0.1) is 23.6 Å². The van der Waals surface area contributed by atoms with Crippen molar-refractivity contribution < 1.29 is 0 Å². The van der Waals surface area contributed by atoms with E-state index in [1.165, 1.54) is 0 Å². The van der Waals surface area contributed by atoms with E-state index in [1.54, 1.807) is 10.9 Å². The van der Waals surface area contributed by atoms with Crippen molar-refractivity contribution in [2.45, 2.75) is 6.04 Å². The Bertz CT molecular complexity index is 726. The highest BCUT2D eigenvalue weighted by Gasteiger charge is 2.20. The van der Waals surface area contributed by atoms with E-state index in [2.05, 4.69) is 50.5 Å². The smallest absolute Gasteiger partial charge is 0.0909 e. The molecule has 106 valence electrons. The van der Waals surface area contributed by atoms with Gasteiger partial charge in [0, 0.05) is 3.57 Å². The summed E-state index contributed by atoms with van der Waals surface area (Å²) < 4.78 is 2.94. The van der Waals surface area contributed by atoms with Crippen LogP contribution >= 0.6 is 22.6 Å². The standard InChI is InChI=1S/C15H14IN5/c16-13-9-5-4-8-12(13)15(19-17)14-10-18-20-21(14)11-6-2-1-3-7-11/h1-10,15,19H,17H2. The van der Waals surface area contributed by atoms with Crippen LogP contribution in [0.15, 0.2) is 60.8 Å². The molecule has 21 heavy (non-hydrogen) atoms. The lowest BCUT2D eigenvalue weighted by molar-refractivity contribution is 0.593. The summed E-state index contributed by atoms with van der Waals surface area (Å²) in [5, 5.41) is 8.22. The molecule has 0 aliphatic rings. The molecule has 3 aromatic rings. The predicted octanol–water partition coefficient (Wildman–Crippen LogP) is 2.42. The van der Waals surface area contributed by atoms with Crippen molar-refractivity contribution in [2.75, 3.05) is 0 Å². The molecule has 0 aliphatic heterocycles. The Hall–Kier alpha value is -1.77. The van der Waals surface area contributed by atoms with Crippen LogP contribution in [0.25, 0.3) is 5.69 Å². The predicted molar refractivity (Wildman–Crippen MR) is 89.7 cm³/mol. The maximum atomic E-state index is 5.79. The average Bonchev–Trinajstić information content (AvgIpc) is 3.00. The van der Waals surface area contributed by atoms with Gasteiger partial charge in [0.2, 0.25) is 0 Å². The molecule has 0 radical (unpaired) electrons. The topological polar surface area (TPSA) is 68.8 Å². The Morgan fingerprint density at radius 1 is 1.05 bits per heavy atom. The molecule has 5 nitrogen and oxygen atoms in total. The zero-order valence-corrected chi connectivity index (χ0v) is 13.3. The number of hydrogen-bond acceptors (Lipinski definition) is 4. The van der Waals surface area contributed by atoms with E-state index in [1.807, 2.05) is 42.5 Å². The molecule has 0 saturated carbocycles. The van der Waals surface area contributed by atoms with E-state index >= 15 is 0 Å². The number of halogens is 1. The molecule has 0 bridgehead atoms. The van der Waals surface area contributed by atoms with Crippen LogP contribution in [0.5, 0.6) is 0 Å². The lowest BCUT2D eigenvalue weighted by Gasteiger charge is -2.18. The molecule has 1 unspecified atom stereocenters. The third kappa shape index (κ3) is 2.82. The van der Waals surface area contributed by atoms with Crippen molar-refractivity contribution in [3.05, 3.63) is 75.6 Å². The minimum atomic E-state index is -0.173. The molecular weight excluding hydrogens is 377 g/mol. The normalized spacial score (nSPS) is 12.3. The first-order valence-corrected chi connectivity index (χ1v) is 7.55. The van der Waals surface area contributed by atoms with E-state index in [9.17, 15) is 0 Å². The Morgan fingerprint density at radius 2 is 1.76 bits per heavy atom. The molecule has 0 spiro atoms. The lowest BCUT2D eigenvalue weighted by atomic mass is 10.0. The fourth-order valence-electron chi connectivity index (χ4n) is 2.25. The van der Waals surface area contributed by atoms with Gasteiger partial charge in [0.25, 0.3) is 0 Å². The van der Waals surface area contributed by atoms with Crippen molar-refractivity contribution in [3.63, 3.8) is 0 Å². The Kier molecular flexibility index (Phi) is 4.28. The van der Waals surface area contributed by atoms with Gasteiger partial charge in [-0.15, -0.1) is 5.10 Å². The van der Waals surface area contributed by atoms with Crippen LogP contribution in [0.3, 0.4) is 0 Å². The van der Waals surface area contributed by atoms with Gasteiger partial charge < -0.3 is 0 Å². The molecule has 0 saturated heterocycles. The van der Waals surface area contributed by atoms with Crippen LogP contribution in [0.1, 0.15) is 17.3 Å². The highest BCUT2D eigenvalue weighted by molar-refractivity contribution is 14.1. The molecule has 3 rings (SSSR count). The van der Waals surface area contributed by atoms with Gasteiger partial charge >= 0.3 is 0 Å². The van der Waals surface area contributed by atoms with E-state index < -0.39 is 0 Å². The van der Waals surface area contributed by atoms with Gasteiger partial charge in [-0.3, -0.25) is 5.84 Å². The quantitative estimate of drug-likeness (QED) is 0.407. The molecule has 1 aromatic heterocycles. The number of aromatic nitrogens is 3. The van der Waals surface area contributed by atoms with Gasteiger partial charge in [0.1, 0.15) is 0 Å². The zero-order valence-electron chi connectivity index (χ0n) is 11.1. The molecular formula is C15H14IN5.